The standard InChI is InChI=1S/C32H30ClF2N5O4S/c1-4-27(41)38-13-14-39(18(2)17-38)30-23-16-25(35)28(22-15-20(34)11-12-24(22)33)36-31(23)40(32(42)37-30)29-21(19-7-5-8-19)9-6-10-26(29)45(3,43)44/h4,6,9-12,15-16,18-19H,1,5,7-8,13-14,17H2,2-3H3/t18-/m0/s1. The van der Waals surface area contributed by atoms with Crippen LogP contribution in [0.15, 0.2) is 64.8 Å². The van der Waals surface area contributed by atoms with E-state index < -0.39 is 27.2 Å². The van der Waals surface area contributed by atoms with Gasteiger partial charge in [-0.25, -0.2) is 31.5 Å². The summed E-state index contributed by atoms with van der Waals surface area (Å²) in [5, 5.41) is 0.176. The predicted molar refractivity (Wildman–Crippen MR) is 169 cm³/mol. The van der Waals surface area contributed by atoms with Gasteiger partial charge in [0.15, 0.2) is 15.5 Å². The number of rotatable bonds is 6. The summed E-state index contributed by atoms with van der Waals surface area (Å²) in [6.45, 7) is 6.28. The van der Waals surface area contributed by atoms with E-state index in [0.29, 0.717) is 18.7 Å². The van der Waals surface area contributed by atoms with Crippen molar-refractivity contribution >= 4 is 44.2 Å². The fraction of sp³-hybridized carbons (Fsp3) is 0.312. The second-order valence-electron chi connectivity index (χ2n) is 11.5. The molecule has 0 N–H and O–H groups in total. The van der Waals surface area contributed by atoms with Crippen molar-refractivity contribution in [3.05, 3.63) is 87.8 Å². The molecule has 0 spiro atoms. The minimum absolute atomic E-state index is 0.00333. The van der Waals surface area contributed by atoms with Gasteiger partial charge in [-0.2, -0.15) is 4.98 Å². The van der Waals surface area contributed by atoms with Crippen LogP contribution in [0.2, 0.25) is 5.02 Å². The van der Waals surface area contributed by atoms with Crippen LogP contribution in [0.4, 0.5) is 14.6 Å². The number of anilines is 1. The Labute approximate surface area is 263 Å². The third-order valence-corrected chi connectivity index (χ3v) is 10.0. The molecule has 6 rings (SSSR count). The van der Waals surface area contributed by atoms with E-state index in [4.69, 9.17) is 11.6 Å². The zero-order chi connectivity index (χ0) is 32.2. The Morgan fingerprint density at radius 3 is 2.51 bits per heavy atom. The summed E-state index contributed by atoms with van der Waals surface area (Å²) in [5.74, 6) is -1.61. The smallest absolute Gasteiger partial charge is 0.350 e. The van der Waals surface area contributed by atoms with E-state index >= 15 is 4.39 Å². The fourth-order valence-corrected chi connectivity index (χ4v) is 7.22. The maximum absolute atomic E-state index is 16.0. The molecular formula is C32H30ClF2N5O4S. The lowest BCUT2D eigenvalue weighted by molar-refractivity contribution is -0.126. The Bertz CT molecular complexity index is 2050. The first-order chi connectivity index (χ1) is 21.4. The largest absolute Gasteiger partial charge is 0.355 e. The van der Waals surface area contributed by atoms with E-state index in [1.54, 1.807) is 21.9 Å². The number of amides is 1. The van der Waals surface area contributed by atoms with Crippen molar-refractivity contribution in [3.63, 3.8) is 0 Å². The quantitative estimate of drug-likeness (QED) is 0.261. The molecule has 13 heteroatoms. The molecule has 0 unspecified atom stereocenters. The lowest BCUT2D eigenvalue weighted by atomic mass is 9.79. The van der Waals surface area contributed by atoms with Gasteiger partial charge in [-0.05, 0) is 67.7 Å². The Kier molecular flexibility index (Phi) is 7.98. The molecule has 2 aliphatic rings. The van der Waals surface area contributed by atoms with Crippen molar-refractivity contribution in [3.8, 4) is 16.9 Å². The van der Waals surface area contributed by atoms with Gasteiger partial charge < -0.3 is 9.80 Å². The van der Waals surface area contributed by atoms with Gasteiger partial charge in [0.1, 0.15) is 23.1 Å². The van der Waals surface area contributed by atoms with Crippen molar-refractivity contribution in [2.24, 2.45) is 0 Å². The molecule has 1 saturated heterocycles. The highest BCUT2D eigenvalue weighted by Gasteiger charge is 2.33. The maximum Gasteiger partial charge on any atom is 0.355 e. The summed E-state index contributed by atoms with van der Waals surface area (Å²) in [6.07, 6.45) is 4.84. The van der Waals surface area contributed by atoms with Crippen molar-refractivity contribution in [2.45, 2.75) is 43.0 Å². The monoisotopic (exact) mass is 653 g/mol. The molecule has 1 amide bonds. The number of nitrogens with zero attached hydrogens (tertiary/aromatic N) is 5. The lowest BCUT2D eigenvalue weighted by Gasteiger charge is -2.40. The number of benzene rings is 2. The lowest BCUT2D eigenvalue weighted by Crippen LogP contribution is -2.54. The van der Waals surface area contributed by atoms with Gasteiger partial charge in [-0.15, -0.1) is 0 Å². The van der Waals surface area contributed by atoms with Crippen LogP contribution in [-0.4, -0.2) is 65.7 Å². The Morgan fingerprint density at radius 1 is 1.11 bits per heavy atom. The van der Waals surface area contributed by atoms with Gasteiger partial charge in [0.25, 0.3) is 0 Å². The van der Waals surface area contributed by atoms with Crippen molar-refractivity contribution < 1.29 is 22.0 Å². The van der Waals surface area contributed by atoms with E-state index in [2.05, 4.69) is 16.5 Å². The summed E-state index contributed by atoms with van der Waals surface area (Å²) < 4.78 is 57.7. The van der Waals surface area contributed by atoms with Gasteiger partial charge in [-0.3, -0.25) is 4.79 Å². The number of carbonyl (C=O) groups excluding carboxylic acids is 1. The van der Waals surface area contributed by atoms with Crippen molar-refractivity contribution in [1.29, 1.82) is 0 Å². The molecule has 2 aromatic heterocycles. The molecule has 1 aliphatic carbocycles. The fourth-order valence-electron chi connectivity index (χ4n) is 6.12. The van der Waals surface area contributed by atoms with Crippen molar-refractivity contribution in [2.75, 3.05) is 30.8 Å². The van der Waals surface area contributed by atoms with Gasteiger partial charge in [0.2, 0.25) is 5.91 Å². The second-order valence-corrected chi connectivity index (χ2v) is 13.9. The third-order valence-electron chi connectivity index (χ3n) is 8.57. The minimum Gasteiger partial charge on any atom is -0.350 e. The summed E-state index contributed by atoms with van der Waals surface area (Å²) in [4.78, 5) is 38.8. The molecule has 45 heavy (non-hydrogen) atoms. The van der Waals surface area contributed by atoms with Gasteiger partial charge >= 0.3 is 5.69 Å². The number of aromatic nitrogens is 3. The number of hydrogen-bond acceptors (Lipinski definition) is 7. The molecule has 234 valence electrons. The molecule has 2 aromatic carbocycles. The Hall–Kier alpha value is -4.16. The number of piperazine rings is 1. The first-order valence-electron chi connectivity index (χ1n) is 14.5. The number of pyridine rings is 1. The summed E-state index contributed by atoms with van der Waals surface area (Å²) in [6, 6.07) is 9.14. The van der Waals surface area contributed by atoms with Crippen LogP contribution in [0.3, 0.4) is 0 Å². The van der Waals surface area contributed by atoms with E-state index in [0.717, 1.165) is 48.3 Å². The van der Waals surface area contributed by atoms with Gasteiger partial charge in [0, 0.05) is 37.5 Å². The second kappa shape index (κ2) is 11.6. The van der Waals surface area contributed by atoms with Crippen LogP contribution < -0.4 is 10.6 Å². The number of para-hydroxylation sites is 1. The summed E-state index contributed by atoms with van der Waals surface area (Å²) in [5.41, 5.74) is -0.466. The Morgan fingerprint density at radius 2 is 1.87 bits per heavy atom. The summed E-state index contributed by atoms with van der Waals surface area (Å²) in [7, 11) is -3.86. The normalized spacial score (nSPS) is 17.4. The highest BCUT2D eigenvalue weighted by molar-refractivity contribution is 7.90. The van der Waals surface area contributed by atoms with Crippen LogP contribution >= 0.6 is 11.6 Å². The zero-order valence-corrected chi connectivity index (χ0v) is 26.2. The Balaban J connectivity index is 1.68. The number of sulfone groups is 1. The molecule has 1 saturated carbocycles. The first kappa shape index (κ1) is 30.8. The maximum atomic E-state index is 16.0. The average molecular weight is 654 g/mol. The van der Waals surface area contributed by atoms with Crippen molar-refractivity contribution in [1.82, 2.24) is 19.4 Å². The molecule has 0 bridgehead atoms. The molecule has 9 nitrogen and oxygen atoms in total. The predicted octanol–water partition coefficient (Wildman–Crippen LogP) is 5.27. The number of carbonyl (C=O) groups is 1. The number of halogens is 3. The van der Waals surface area contributed by atoms with Crippen LogP contribution in [-0.2, 0) is 14.6 Å². The van der Waals surface area contributed by atoms with E-state index in [1.165, 1.54) is 18.2 Å². The molecule has 3 heterocycles. The number of hydrogen-bond donors (Lipinski definition) is 0. The highest BCUT2D eigenvalue weighted by atomic mass is 35.5. The van der Waals surface area contributed by atoms with Gasteiger partial charge in [0.05, 0.1) is 21.0 Å². The topological polar surface area (TPSA) is 105 Å². The highest BCUT2D eigenvalue weighted by Crippen LogP contribution is 2.42. The molecular weight excluding hydrogens is 624 g/mol. The van der Waals surface area contributed by atoms with Crippen LogP contribution in [0, 0.1) is 11.6 Å². The SMILES string of the molecule is C=CC(=O)N1CCN(c2nc(=O)n(-c3c(C4CCC4)cccc3S(C)(=O)=O)c3nc(-c4cc(F)ccc4Cl)c(F)cc23)[C@@H](C)C1. The third kappa shape index (κ3) is 5.50. The summed E-state index contributed by atoms with van der Waals surface area (Å²) >= 11 is 6.36. The molecule has 0 radical (unpaired) electrons. The number of fused-ring (bicyclic) bond motifs is 1. The average Bonchev–Trinajstić information content (AvgIpc) is 2.96. The van der Waals surface area contributed by atoms with Gasteiger partial charge in [-0.1, -0.05) is 36.7 Å². The van der Waals surface area contributed by atoms with E-state index in [9.17, 15) is 22.4 Å². The van der Waals surface area contributed by atoms with E-state index in [-0.39, 0.29) is 68.1 Å². The minimum atomic E-state index is -3.86. The van der Waals surface area contributed by atoms with E-state index in [1.807, 2.05) is 6.92 Å². The molecule has 2 fully saturated rings. The van der Waals surface area contributed by atoms with Crippen LogP contribution in [0.1, 0.15) is 37.7 Å². The first-order valence-corrected chi connectivity index (χ1v) is 16.8. The van der Waals surface area contributed by atoms with Crippen LogP contribution in [0.25, 0.3) is 28.0 Å². The zero-order valence-electron chi connectivity index (χ0n) is 24.6. The molecule has 4 aromatic rings. The molecule has 1 atom stereocenters. The molecule has 1 aliphatic heterocycles. The van der Waals surface area contributed by atoms with Crippen LogP contribution in [0.5, 0.6) is 0 Å².